The van der Waals surface area contributed by atoms with Gasteiger partial charge in [-0.1, -0.05) is 36.4 Å². The lowest BCUT2D eigenvalue weighted by Gasteiger charge is -2.16. The molecule has 0 aromatic heterocycles. The van der Waals surface area contributed by atoms with Crippen LogP contribution < -0.4 is 11.1 Å². The Morgan fingerprint density at radius 2 is 1.34 bits per heavy atom. The van der Waals surface area contributed by atoms with Crippen LogP contribution in [0.1, 0.15) is 20.7 Å². The van der Waals surface area contributed by atoms with Crippen molar-refractivity contribution in [2.75, 3.05) is 33.0 Å². The summed E-state index contributed by atoms with van der Waals surface area (Å²) in [6.45, 7) is 0.665. The number of benzene rings is 2. The lowest BCUT2D eigenvalue weighted by atomic mass is 10.2. The molecule has 0 spiro atoms. The maximum Gasteiger partial charge on any atom is 0.335 e. The van der Waals surface area contributed by atoms with Crippen molar-refractivity contribution in [2.24, 2.45) is 5.73 Å². The summed E-state index contributed by atoms with van der Waals surface area (Å²) < 4.78 is 10.0. The topological polar surface area (TPSA) is 172 Å². The summed E-state index contributed by atoms with van der Waals surface area (Å²) in [7, 11) is 0. The van der Waals surface area contributed by atoms with Gasteiger partial charge in [-0.2, -0.15) is 0 Å². The molecule has 0 radical (unpaired) electrons. The highest BCUT2D eigenvalue weighted by Gasteiger charge is 2.06. The second kappa shape index (κ2) is 18.7. The van der Waals surface area contributed by atoms with E-state index in [1.807, 2.05) is 0 Å². The van der Waals surface area contributed by atoms with Crippen molar-refractivity contribution in [3.05, 3.63) is 71.8 Å². The first-order valence-corrected chi connectivity index (χ1v) is 9.76. The molecule has 11 heteroatoms. The molecule has 176 valence electrons. The predicted molar refractivity (Wildman–Crippen MR) is 121 cm³/mol. The van der Waals surface area contributed by atoms with E-state index in [9.17, 15) is 9.59 Å². The van der Waals surface area contributed by atoms with Crippen molar-refractivity contribution in [1.82, 2.24) is 5.32 Å². The van der Waals surface area contributed by atoms with Crippen LogP contribution in [0.4, 0.5) is 0 Å². The normalized spacial score (nSPS) is 10.4. The van der Waals surface area contributed by atoms with E-state index in [0.29, 0.717) is 24.3 Å². The number of carbonyl (C=O) groups is 2. The number of hydrogen-bond acceptors (Lipinski definition) is 7. The van der Waals surface area contributed by atoms with Crippen LogP contribution in [-0.2, 0) is 9.47 Å². The number of aromatic carboxylic acids is 2. The summed E-state index contributed by atoms with van der Waals surface area (Å²) in [5.41, 5.74) is 5.85. The summed E-state index contributed by atoms with van der Waals surface area (Å²) in [6.07, 6.45) is -0.606. The monoisotopic (exact) mass is 468 g/mol. The van der Waals surface area contributed by atoms with Crippen molar-refractivity contribution < 1.29 is 39.5 Å². The molecule has 0 aliphatic heterocycles. The van der Waals surface area contributed by atoms with Crippen LogP contribution in [0.2, 0.25) is 0 Å². The van der Waals surface area contributed by atoms with Gasteiger partial charge in [0.15, 0.2) is 11.3 Å². The fourth-order valence-corrected chi connectivity index (χ4v) is 2.01. The zero-order valence-corrected chi connectivity index (χ0v) is 18.1. The number of carboxylic acid groups (broad SMARTS) is 2. The number of rotatable bonds is 10. The Labute approximate surface area is 191 Å². The minimum Gasteiger partial charge on any atom is -0.478 e. The molecule has 0 aliphatic rings. The lowest BCUT2D eigenvalue weighted by molar-refractivity contribution is -0.0294. The van der Waals surface area contributed by atoms with E-state index in [-0.39, 0.29) is 24.9 Å². The van der Waals surface area contributed by atoms with E-state index in [0.717, 1.165) is 0 Å². The summed E-state index contributed by atoms with van der Waals surface area (Å²) in [5, 5.41) is 36.6. The number of nitrogens with two attached hydrogens (primary N) is 1. The maximum atomic E-state index is 10.2. The second-order valence-electron chi connectivity index (χ2n) is 5.73. The standard InChI is InChI=1S/C7H16N2O4S.2C7H6O2/c8-7(14)9-6(5-11)13-4-3-12-2-1-10;2*8-7(9)6-4-2-1-3-5-6/h6,10-11H,1-5H2,(H3,8,9,14);2*1-5H,(H,8,9). The number of carboxylic acids is 2. The van der Waals surface area contributed by atoms with E-state index in [2.05, 4.69) is 17.5 Å². The quantitative estimate of drug-likeness (QED) is 0.166. The van der Waals surface area contributed by atoms with Crippen LogP contribution in [-0.4, -0.2) is 76.7 Å². The molecule has 1 atom stereocenters. The summed E-state index contributed by atoms with van der Waals surface area (Å²) in [6, 6.07) is 16.6. The fraction of sp³-hybridized carbons (Fsp3) is 0.286. The highest BCUT2D eigenvalue weighted by atomic mass is 32.1. The third kappa shape index (κ3) is 15.7. The molecule has 0 saturated heterocycles. The van der Waals surface area contributed by atoms with Crippen LogP contribution in [0, 0.1) is 0 Å². The van der Waals surface area contributed by atoms with Gasteiger partial charge >= 0.3 is 11.9 Å². The molecule has 2 rings (SSSR count). The Bertz CT molecular complexity index is 728. The molecular formula is C21H28N2O8S. The molecule has 0 bridgehead atoms. The summed E-state index contributed by atoms with van der Waals surface area (Å²) in [5.74, 6) is -1.76. The van der Waals surface area contributed by atoms with Crippen LogP contribution in [0.15, 0.2) is 60.7 Å². The van der Waals surface area contributed by atoms with Gasteiger partial charge in [0.1, 0.15) is 0 Å². The average molecular weight is 469 g/mol. The number of aliphatic hydroxyl groups is 2. The van der Waals surface area contributed by atoms with Crippen molar-refractivity contribution in [3.8, 4) is 0 Å². The molecule has 1 unspecified atom stereocenters. The SMILES string of the molecule is NC(=S)NC(CO)OCCOCCO.O=C(O)c1ccccc1.O=C(O)c1ccccc1. The van der Waals surface area contributed by atoms with Crippen LogP contribution in [0.5, 0.6) is 0 Å². The van der Waals surface area contributed by atoms with Gasteiger partial charge in [-0.3, -0.25) is 0 Å². The minimum absolute atomic E-state index is 0.0193. The first-order valence-electron chi connectivity index (χ1n) is 9.35. The van der Waals surface area contributed by atoms with Crippen LogP contribution in [0.3, 0.4) is 0 Å². The molecule has 0 amide bonds. The largest absolute Gasteiger partial charge is 0.478 e. The second-order valence-corrected chi connectivity index (χ2v) is 6.17. The van der Waals surface area contributed by atoms with Gasteiger partial charge in [0.2, 0.25) is 0 Å². The van der Waals surface area contributed by atoms with Gasteiger partial charge in [-0.05, 0) is 36.5 Å². The van der Waals surface area contributed by atoms with Crippen molar-refractivity contribution in [3.63, 3.8) is 0 Å². The molecule has 2 aromatic rings. The molecular weight excluding hydrogens is 440 g/mol. The average Bonchev–Trinajstić information content (AvgIpc) is 2.80. The molecule has 2 aromatic carbocycles. The summed E-state index contributed by atoms with van der Waals surface area (Å²) in [4.78, 5) is 20.4. The Hall–Kier alpha value is -3.09. The third-order valence-electron chi connectivity index (χ3n) is 3.29. The molecule has 32 heavy (non-hydrogen) atoms. The highest BCUT2D eigenvalue weighted by Crippen LogP contribution is 1.97. The fourth-order valence-electron chi connectivity index (χ4n) is 1.88. The number of hydrogen-bond donors (Lipinski definition) is 6. The number of aliphatic hydroxyl groups excluding tert-OH is 2. The van der Waals surface area contributed by atoms with E-state index in [1.54, 1.807) is 60.7 Å². The number of thiocarbonyl (C=S) groups is 1. The van der Waals surface area contributed by atoms with E-state index >= 15 is 0 Å². The molecule has 0 heterocycles. The first kappa shape index (κ1) is 28.9. The highest BCUT2D eigenvalue weighted by molar-refractivity contribution is 7.80. The van der Waals surface area contributed by atoms with Gasteiger partial charge < -0.3 is 41.0 Å². The molecule has 0 saturated carbocycles. The number of nitrogens with one attached hydrogen (secondary N) is 1. The lowest BCUT2D eigenvalue weighted by Crippen LogP contribution is -2.42. The van der Waals surface area contributed by atoms with Gasteiger partial charge in [-0.25, -0.2) is 9.59 Å². The van der Waals surface area contributed by atoms with Gasteiger partial charge in [-0.15, -0.1) is 0 Å². The van der Waals surface area contributed by atoms with Crippen LogP contribution >= 0.6 is 12.2 Å². The van der Waals surface area contributed by atoms with Gasteiger partial charge in [0, 0.05) is 0 Å². The predicted octanol–water partition coefficient (Wildman–Crippen LogP) is 0.933. The Kier molecular flexibility index (Phi) is 16.9. The van der Waals surface area contributed by atoms with Gasteiger partial charge in [0.05, 0.1) is 44.2 Å². The Morgan fingerprint density at radius 3 is 1.66 bits per heavy atom. The molecule has 10 nitrogen and oxygen atoms in total. The third-order valence-corrected chi connectivity index (χ3v) is 3.41. The van der Waals surface area contributed by atoms with Crippen molar-refractivity contribution >= 4 is 29.3 Å². The molecule has 0 fully saturated rings. The Morgan fingerprint density at radius 1 is 0.875 bits per heavy atom. The Balaban J connectivity index is 0.000000466. The van der Waals surface area contributed by atoms with Crippen LogP contribution in [0.25, 0.3) is 0 Å². The first-order chi connectivity index (χ1) is 15.3. The smallest absolute Gasteiger partial charge is 0.335 e. The summed E-state index contributed by atoms with van der Waals surface area (Å²) >= 11 is 4.57. The zero-order valence-electron chi connectivity index (χ0n) is 17.3. The van der Waals surface area contributed by atoms with Gasteiger partial charge in [0.25, 0.3) is 0 Å². The molecule has 0 aliphatic carbocycles. The zero-order chi connectivity index (χ0) is 24.2. The van der Waals surface area contributed by atoms with E-state index in [4.69, 9.17) is 35.6 Å². The van der Waals surface area contributed by atoms with E-state index in [1.165, 1.54) is 0 Å². The number of ether oxygens (including phenoxy) is 2. The maximum absolute atomic E-state index is 10.2. The van der Waals surface area contributed by atoms with E-state index < -0.39 is 18.2 Å². The van der Waals surface area contributed by atoms with Crippen molar-refractivity contribution in [1.29, 1.82) is 0 Å². The minimum atomic E-state index is -0.879. The molecule has 7 N–H and O–H groups in total. The van der Waals surface area contributed by atoms with Crippen molar-refractivity contribution in [2.45, 2.75) is 6.23 Å².